The minimum absolute atomic E-state index is 0.0720. The minimum atomic E-state index is -4.77. The molecule has 3 rings (SSSR count). The van der Waals surface area contributed by atoms with Gasteiger partial charge in [-0.1, -0.05) is 12.1 Å². The molecule has 3 aromatic rings. The Bertz CT molecular complexity index is 1020. The number of halogens is 2. The fourth-order valence-electron chi connectivity index (χ4n) is 2.08. The molecule has 10 heteroatoms. The van der Waals surface area contributed by atoms with E-state index in [0.717, 1.165) is 12.1 Å². The lowest BCUT2D eigenvalue weighted by atomic mass is 10.2. The van der Waals surface area contributed by atoms with Gasteiger partial charge in [0.05, 0.1) is 10.6 Å². The van der Waals surface area contributed by atoms with Crippen molar-refractivity contribution in [2.75, 3.05) is 5.32 Å². The first-order valence-electron chi connectivity index (χ1n) is 6.62. The molecule has 0 unspecified atom stereocenters. The van der Waals surface area contributed by atoms with Crippen LogP contribution in [0.3, 0.4) is 0 Å². The average Bonchev–Trinajstić information content (AvgIpc) is 3.04. The van der Waals surface area contributed by atoms with Crippen molar-refractivity contribution < 1.29 is 22.0 Å². The number of alkyl halides is 2. The van der Waals surface area contributed by atoms with Gasteiger partial charge in [0, 0.05) is 5.56 Å². The zero-order chi connectivity index (χ0) is 17.3. The Morgan fingerprint density at radius 2 is 1.88 bits per heavy atom. The van der Waals surface area contributed by atoms with E-state index in [1.807, 2.05) is 0 Å². The summed E-state index contributed by atoms with van der Waals surface area (Å²) in [7, 11) is -4.77. The summed E-state index contributed by atoms with van der Waals surface area (Å²) >= 11 is 0. The number of nitrogens with one attached hydrogen (secondary N) is 2. The van der Waals surface area contributed by atoms with Crippen LogP contribution in [0.4, 0.5) is 14.5 Å². The maximum atomic E-state index is 12.6. The largest absolute Gasteiger partial charge is 0.341 e. The van der Waals surface area contributed by atoms with Crippen molar-refractivity contribution >= 4 is 32.5 Å². The fourth-order valence-corrected chi connectivity index (χ4v) is 2.85. The number of aromatic amines is 1. The number of sulfone groups is 1. The van der Waals surface area contributed by atoms with Gasteiger partial charge in [0.1, 0.15) is 11.0 Å². The lowest BCUT2D eigenvalue weighted by Gasteiger charge is -2.08. The van der Waals surface area contributed by atoms with Crippen LogP contribution in [0.1, 0.15) is 10.4 Å². The molecule has 1 heterocycles. The second-order valence-electron chi connectivity index (χ2n) is 4.78. The van der Waals surface area contributed by atoms with Gasteiger partial charge in [0.25, 0.3) is 5.91 Å². The van der Waals surface area contributed by atoms with E-state index in [1.165, 1.54) is 12.1 Å². The number of para-hydroxylation sites is 1. The summed E-state index contributed by atoms with van der Waals surface area (Å²) in [5.41, 5.74) is 1.23. The SMILES string of the molecule is O=C(Nc1cccc2n[nH]nc12)c1cccc(S(=O)(=O)C(F)F)c1. The van der Waals surface area contributed by atoms with Gasteiger partial charge < -0.3 is 5.32 Å². The molecule has 1 aromatic heterocycles. The summed E-state index contributed by atoms with van der Waals surface area (Å²) in [6, 6.07) is 9.38. The highest BCUT2D eigenvalue weighted by Gasteiger charge is 2.27. The Morgan fingerprint density at radius 3 is 2.62 bits per heavy atom. The first-order valence-corrected chi connectivity index (χ1v) is 8.17. The number of hydrogen-bond acceptors (Lipinski definition) is 5. The van der Waals surface area contributed by atoms with Crippen molar-refractivity contribution in [3.63, 3.8) is 0 Å². The second-order valence-corrected chi connectivity index (χ2v) is 6.70. The Morgan fingerprint density at radius 1 is 1.12 bits per heavy atom. The normalized spacial score (nSPS) is 11.8. The third kappa shape index (κ3) is 2.83. The molecule has 0 aliphatic rings. The molecule has 24 heavy (non-hydrogen) atoms. The number of nitrogens with zero attached hydrogens (tertiary/aromatic N) is 2. The molecule has 0 spiro atoms. The number of aromatic nitrogens is 3. The molecule has 1 amide bonds. The molecule has 7 nitrogen and oxygen atoms in total. The first kappa shape index (κ1) is 16.0. The lowest BCUT2D eigenvalue weighted by Crippen LogP contribution is -2.15. The summed E-state index contributed by atoms with van der Waals surface area (Å²) in [5, 5.41) is 12.7. The first-order chi connectivity index (χ1) is 11.4. The third-order valence-corrected chi connectivity index (χ3v) is 4.63. The van der Waals surface area contributed by atoms with Crippen molar-refractivity contribution in [1.29, 1.82) is 0 Å². The quantitative estimate of drug-likeness (QED) is 0.749. The highest BCUT2D eigenvalue weighted by Crippen LogP contribution is 2.22. The average molecular weight is 352 g/mol. The van der Waals surface area contributed by atoms with E-state index in [2.05, 4.69) is 20.7 Å². The van der Waals surface area contributed by atoms with E-state index < -0.39 is 26.4 Å². The van der Waals surface area contributed by atoms with Crippen molar-refractivity contribution in [3.05, 3.63) is 48.0 Å². The van der Waals surface area contributed by atoms with E-state index in [4.69, 9.17) is 0 Å². The molecular weight excluding hydrogens is 342 g/mol. The highest BCUT2D eigenvalue weighted by atomic mass is 32.2. The number of H-pyrrole nitrogens is 1. The van der Waals surface area contributed by atoms with Crippen molar-refractivity contribution in [1.82, 2.24) is 15.4 Å². The number of anilines is 1. The zero-order valence-corrected chi connectivity index (χ0v) is 12.7. The molecule has 0 aliphatic heterocycles. The predicted molar refractivity (Wildman–Crippen MR) is 81.5 cm³/mol. The van der Waals surface area contributed by atoms with Crippen LogP contribution >= 0.6 is 0 Å². The van der Waals surface area contributed by atoms with Crippen LogP contribution < -0.4 is 5.32 Å². The Labute approximate surface area is 134 Å². The number of carbonyl (C=O) groups is 1. The Hall–Kier alpha value is -2.88. The van der Waals surface area contributed by atoms with Crippen LogP contribution in [0.2, 0.25) is 0 Å². The van der Waals surface area contributed by atoms with E-state index in [0.29, 0.717) is 16.7 Å². The zero-order valence-electron chi connectivity index (χ0n) is 11.9. The molecule has 0 bridgehead atoms. The van der Waals surface area contributed by atoms with E-state index >= 15 is 0 Å². The third-order valence-electron chi connectivity index (χ3n) is 3.25. The number of fused-ring (bicyclic) bond motifs is 1. The molecule has 0 saturated carbocycles. The lowest BCUT2D eigenvalue weighted by molar-refractivity contribution is 0.102. The van der Waals surface area contributed by atoms with E-state index in [9.17, 15) is 22.0 Å². The van der Waals surface area contributed by atoms with Crippen LogP contribution in [0.15, 0.2) is 47.4 Å². The molecule has 0 aliphatic carbocycles. The number of rotatable bonds is 4. The van der Waals surface area contributed by atoms with Gasteiger partial charge in [-0.15, -0.1) is 0 Å². The molecular formula is C14H10F2N4O3S. The molecule has 0 radical (unpaired) electrons. The summed E-state index contributed by atoms with van der Waals surface area (Å²) < 4.78 is 48.2. The topological polar surface area (TPSA) is 105 Å². The maximum absolute atomic E-state index is 12.6. The van der Waals surface area contributed by atoms with Crippen molar-refractivity contribution in [3.8, 4) is 0 Å². The molecule has 0 saturated heterocycles. The molecule has 0 fully saturated rings. The standard InChI is InChI=1S/C14H10F2N4O3S/c15-14(16)24(22,23)9-4-1-3-8(7-9)13(21)17-10-5-2-6-11-12(10)19-20-18-11/h1-7,14H,(H,17,21)(H,18,19,20). The fraction of sp³-hybridized carbons (Fsp3) is 0.0714. The predicted octanol–water partition coefficient (Wildman–Crippen LogP) is 2.21. The summed E-state index contributed by atoms with van der Waals surface area (Å²) in [5.74, 6) is -4.21. The smallest absolute Gasteiger partial charge is 0.320 e. The van der Waals surface area contributed by atoms with Gasteiger partial charge in [-0.25, -0.2) is 8.42 Å². The van der Waals surface area contributed by atoms with Gasteiger partial charge in [-0.05, 0) is 30.3 Å². The van der Waals surface area contributed by atoms with Gasteiger partial charge in [0.15, 0.2) is 0 Å². The van der Waals surface area contributed by atoms with Crippen molar-refractivity contribution in [2.45, 2.75) is 10.7 Å². The van der Waals surface area contributed by atoms with Crippen LogP contribution in [-0.4, -0.2) is 35.5 Å². The number of carbonyl (C=O) groups excluding carboxylic acids is 1. The Kier molecular flexibility index (Phi) is 3.97. The minimum Gasteiger partial charge on any atom is -0.320 e. The Balaban J connectivity index is 1.93. The monoisotopic (exact) mass is 352 g/mol. The van der Waals surface area contributed by atoms with Crippen molar-refractivity contribution in [2.24, 2.45) is 0 Å². The van der Waals surface area contributed by atoms with Gasteiger partial charge in [-0.2, -0.15) is 24.2 Å². The van der Waals surface area contributed by atoms with E-state index in [-0.39, 0.29) is 5.56 Å². The second kappa shape index (κ2) is 5.96. The number of benzene rings is 2. The van der Waals surface area contributed by atoms with Crippen LogP contribution in [0.5, 0.6) is 0 Å². The summed E-state index contributed by atoms with van der Waals surface area (Å²) in [4.78, 5) is 11.7. The van der Waals surface area contributed by atoms with Gasteiger partial charge >= 0.3 is 5.76 Å². The van der Waals surface area contributed by atoms with E-state index in [1.54, 1.807) is 18.2 Å². The highest BCUT2D eigenvalue weighted by molar-refractivity contribution is 7.91. The summed E-state index contributed by atoms with van der Waals surface area (Å²) in [6.07, 6.45) is 0. The van der Waals surface area contributed by atoms with Gasteiger partial charge in [0.2, 0.25) is 9.84 Å². The van der Waals surface area contributed by atoms with Gasteiger partial charge in [-0.3, -0.25) is 4.79 Å². The molecule has 124 valence electrons. The van der Waals surface area contributed by atoms with Crippen LogP contribution in [0.25, 0.3) is 11.0 Å². The molecule has 2 aromatic carbocycles. The number of hydrogen-bond donors (Lipinski definition) is 2. The van der Waals surface area contributed by atoms with Crippen LogP contribution in [0, 0.1) is 0 Å². The molecule has 0 atom stereocenters. The molecule has 2 N–H and O–H groups in total. The maximum Gasteiger partial charge on any atom is 0.341 e. The summed E-state index contributed by atoms with van der Waals surface area (Å²) in [6.45, 7) is 0. The number of amides is 1. The van der Waals surface area contributed by atoms with Crippen LogP contribution in [-0.2, 0) is 9.84 Å².